The van der Waals surface area contributed by atoms with Crippen molar-refractivity contribution in [1.82, 2.24) is 14.7 Å². The van der Waals surface area contributed by atoms with E-state index in [4.69, 9.17) is 5.11 Å². The number of rotatable bonds is 4. The zero-order valence-corrected chi connectivity index (χ0v) is 12.5. The molecule has 0 radical (unpaired) electrons. The van der Waals surface area contributed by atoms with E-state index < -0.39 is 5.97 Å². The maximum Gasteiger partial charge on any atom is 0.322 e. The van der Waals surface area contributed by atoms with Gasteiger partial charge >= 0.3 is 12.0 Å². The number of anilines is 1. The molecule has 1 aliphatic heterocycles. The molecule has 116 valence electrons. The first-order valence-corrected chi connectivity index (χ1v) is 7.27. The van der Waals surface area contributed by atoms with Gasteiger partial charge in [0.1, 0.15) is 0 Å². The number of urea groups is 1. The van der Waals surface area contributed by atoms with Gasteiger partial charge in [-0.15, -0.1) is 0 Å². The van der Waals surface area contributed by atoms with E-state index in [0.29, 0.717) is 18.7 Å². The number of aliphatic carboxylic acids is 1. The summed E-state index contributed by atoms with van der Waals surface area (Å²) in [5, 5.41) is 15.9. The summed E-state index contributed by atoms with van der Waals surface area (Å²) < 4.78 is 1.66. The van der Waals surface area contributed by atoms with Crippen LogP contribution in [-0.4, -0.2) is 44.4 Å². The molecule has 0 saturated carbocycles. The van der Waals surface area contributed by atoms with Gasteiger partial charge < -0.3 is 15.3 Å². The molecule has 2 rings (SSSR count). The summed E-state index contributed by atoms with van der Waals surface area (Å²) in [6, 6.07) is -0.159. The van der Waals surface area contributed by atoms with E-state index in [0.717, 1.165) is 25.0 Å². The minimum absolute atomic E-state index is 0.00632. The number of carboxylic acids is 1. The van der Waals surface area contributed by atoms with E-state index in [1.54, 1.807) is 22.8 Å². The molecule has 2 amide bonds. The zero-order chi connectivity index (χ0) is 15.4. The summed E-state index contributed by atoms with van der Waals surface area (Å²) in [5.74, 6) is -0.816. The Bertz CT molecular complexity index is 526. The minimum Gasteiger partial charge on any atom is -0.481 e. The number of carbonyl (C=O) groups is 2. The number of aryl methyl sites for hydroxylation is 2. The first kappa shape index (κ1) is 15.3. The molecule has 0 aromatic carbocycles. The van der Waals surface area contributed by atoms with Crippen molar-refractivity contribution in [3.8, 4) is 0 Å². The molecule has 1 aromatic heterocycles. The molecule has 7 heteroatoms. The highest BCUT2D eigenvalue weighted by Gasteiger charge is 2.27. The quantitative estimate of drug-likeness (QED) is 0.889. The summed E-state index contributed by atoms with van der Waals surface area (Å²) in [6.07, 6.45) is 5.24. The maximum atomic E-state index is 12.4. The van der Waals surface area contributed by atoms with Crippen molar-refractivity contribution < 1.29 is 14.7 Å². The predicted octanol–water partition coefficient (Wildman–Crippen LogP) is 1.98. The summed E-state index contributed by atoms with van der Waals surface area (Å²) >= 11 is 0. The van der Waals surface area contributed by atoms with Gasteiger partial charge in [0.05, 0.1) is 11.4 Å². The molecule has 1 aromatic rings. The molecular weight excluding hydrogens is 272 g/mol. The SMILES string of the molecule is Cc1nn(C)cc1NC(=O)N1CCCCC1CCC(=O)O. The summed E-state index contributed by atoms with van der Waals surface area (Å²) in [5.41, 5.74) is 1.47. The molecule has 2 N–H and O–H groups in total. The average Bonchev–Trinajstić information content (AvgIpc) is 2.74. The highest BCUT2D eigenvalue weighted by atomic mass is 16.4. The third-order valence-electron chi connectivity index (χ3n) is 3.83. The van der Waals surface area contributed by atoms with Crippen LogP contribution < -0.4 is 5.32 Å². The summed E-state index contributed by atoms with van der Waals surface area (Å²) in [4.78, 5) is 24.9. The van der Waals surface area contributed by atoms with Crippen molar-refractivity contribution >= 4 is 17.7 Å². The number of hydrogen-bond acceptors (Lipinski definition) is 3. The molecule has 0 spiro atoms. The molecule has 1 unspecified atom stereocenters. The fraction of sp³-hybridized carbons (Fsp3) is 0.643. The van der Waals surface area contributed by atoms with Gasteiger partial charge in [0.2, 0.25) is 0 Å². The predicted molar refractivity (Wildman–Crippen MR) is 78.2 cm³/mol. The molecule has 0 bridgehead atoms. The highest BCUT2D eigenvalue weighted by molar-refractivity contribution is 5.90. The Labute approximate surface area is 123 Å². The van der Waals surface area contributed by atoms with Crippen LogP contribution in [0.5, 0.6) is 0 Å². The van der Waals surface area contributed by atoms with Crippen LogP contribution in [0.2, 0.25) is 0 Å². The van der Waals surface area contributed by atoms with E-state index in [-0.39, 0.29) is 18.5 Å². The van der Waals surface area contributed by atoms with Crippen LogP contribution in [0.15, 0.2) is 6.20 Å². The Morgan fingerprint density at radius 3 is 2.86 bits per heavy atom. The lowest BCUT2D eigenvalue weighted by Gasteiger charge is -2.35. The first-order valence-electron chi connectivity index (χ1n) is 7.27. The fourth-order valence-electron chi connectivity index (χ4n) is 2.77. The topological polar surface area (TPSA) is 87.5 Å². The second-order valence-corrected chi connectivity index (χ2v) is 5.51. The molecule has 0 aliphatic carbocycles. The minimum atomic E-state index is -0.816. The maximum absolute atomic E-state index is 12.4. The van der Waals surface area contributed by atoms with Crippen LogP contribution in [0.3, 0.4) is 0 Å². The Kier molecular flexibility index (Phi) is 4.82. The van der Waals surface area contributed by atoms with Crippen molar-refractivity contribution in [3.63, 3.8) is 0 Å². The van der Waals surface area contributed by atoms with Gasteiger partial charge in [0, 0.05) is 32.3 Å². The number of aromatic nitrogens is 2. The normalized spacial score (nSPS) is 18.6. The molecule has 1 atom stereocenters. The van der Waals surface area contributed by atoms with Crippen molar-refractivity contribution in [1.29, 1.82) is 0 Å². The lowest BCUT2D eigenvalue weighted by Crippen LogP contribution is -2.46. The van der Waals surface area contributed by atoms with Crippen LogP contribution in [0.1, 0.15) is 37.8 Å². The monoisotopic (exact) mass is 294 g/mol. The van der Waals surface area contributed by atoms with Gasteiger partial charge in [-0.25, -0.2) is 4.79 Å². The molecular formula is C14H22N4O3. The lowest BCUT2D eigenvalue weighted by atomic mass is 9.98. The molecule has 2 heterocycles. The van der Waals surface area contributed by atoms with Gasteiger partial charge in [-0.1, -0.05) is 0 Å². The van der Waals surface area contributed by atoms with Gasteiger partial charge in [-0.05, 0) is 32.6 Å². The largest absolute Gasteiger partial charge is 0.481 e. The van der Waals surface area contributed by atoms with E-state index in [9.17, 15) is 9.59 Å². The molecule has 1 aliphatic rings. The number of carboxylic acid groups (broad SMARTS) is 1. The standard InChI is InChI=1S/C14H22N4O3/c1-10-12(9-17(2)16-10)15-14(21)18-8-4-3-5-11(18)6-7-13(19)20/h9,11H,3-8H2,1-2H3,(H,15,21)(H,19,20). The van der Waals surface area contributed by atoms with Crippen LogP contribution in [-0.2, 0) is 11.8 Å². The average molecular weight is 294 g/mol. The zero-order valence-electron chi connectivity index (χ0n) is 12.5. The van der Waals surface area contributed by atoms with Crippen LogP contribution in [0.4, 0.5) is 10.5 Å². The number of carbonyl (C=O) groups excluding carboxylic acids is 1. The first-order chi connectivity index (χ1) is 9.97. The van der Waals surface area contributed by atoms with E-state index in [2.05, 4.69) is 10.4 Å². The fourth-order valence-corrected chi connectivity index (χ4v) is 2.77. The lowest BCUT2D eigenvalue weighted by molar-refractivity contribution is -0.137. The van der Waals surface area contributed by atoms with Gasteiger partial charge in [-0.3, -0.25) is 9.48 Å². The van der Waals surface area contributed by atoms with E-state index in [1.807, 2.05) is 6.92 Å². The number of hydrogen-bond donors (Lipinski definition) is 2. The number of amides is 2. The van der Waals surface area contributed by atoms with Crippen LogP contribution in [0.25, 0.3) is 0 Å². The smallest absolute Gasteiger partial charge is 0.322 e. The molecule has 1 fully saturated rings. The molecule has 7 nitrogen and oxygen atoms in total. The number of likely N-dealkylation sites (tertiary alicyclic amines) is 1. The molecule has 21 heavy (non-hydrogen) atoms. The van der Waals surface area contributed by atoms with E-state index >= 15 is 0 Å². The second-order valence-electron chi connectivity index (χ2n) is 5.51. The van der Waals surface area contributed by atoms with Crippen molar-refractivity contribution in [2.45, 2.75) is 45.1 Å². The Balaban J connectivity index is 2.01. The third-order valence-corrected chi connectivity index (χ3v) is 3.83. The highest BCUT2D eigenvalue weighted by Crippen LogP contribution is 2.22. The second kappa shape index (κ2) is 6.60. The third kappa shape index (κ3) is 3.96. The Hall–Kier alpha value is -2.05. The summed E-state index contributed by atoms with van der Waals surface area (Å²) in [7, 11) is 1.80. The van der Waals surface area contributed by atoms with Crippen LogP contribution >= 0.6 is 0 Å². The summed E-state index contributed by atoms with van der Waals surface area (Å²) in [6.45, 7) is 2.52. The number of nitrogens with one attached hydrogen (secondary N) is 1. The van der Waals surface area contributed by atoms with Gasteiger partial charge in [0.15, 0.2) is 0 Å². The Morgan fingerprint density at radius 1 is 1.48 bits per heavy atom. The van der Waals surface area contributed by atoms with Gasteiger partial charge in [0.25, 0.3) is 0 Å². The Morgan fingerprint density at radius 2 is 2.24 bits per heavy atom. The van der Waals surface area contributed by atoms with Gasteiger partial charge in [-0.2, -0.15) is 5.10 Å². The number of nitrogens with zero attached hydrogens (tertiary/aromatic N) is 3. The molecule has 1 saturated heterocycles. The van der Waals surface area contributed by atoms with Crippen LogP contribution in [0, 0.1) is 6.92 Å². The van der Waals surface area contributed by atoms with Crippen molar-refractivity contribution in [2.75, 3.05) is 11.9 Å². The van der Waals surface area contributed by atoms with Crippen molar-refractivity contribution in [2.24, 2.45) is 7.05 Å². The van der Waals surface area contributed by atoms with E-state index in [1.165, 1.54) is 0 Å². The number of piperidine rings is 1. The van der Waals surface area contributed by atoms with Crippen molar-refractivity contribution in [3.05, 3.63) is 11.9 Å².